The molecule has 0 radical (unpaired) electrons. The maximum Gasteiger partial charge on any atom is 0.430 e. The van der Waals surface area contributed by atoms with Gasteiger partial charge in [-0.15, -0.1) is 0 Å². The fraction of sp³-hybridized carbons (Fsp3) is 0.538. The Kier molecular flexibility index (Phi) is 7.44. The summed E-state index contributed by atoms with van der Waals surface area (Å²) in [7, 11) is -3.17. The quantitative estimate of drug-likeness (QED) is 0.454. The number of hydrogen-bond donors (Lipinski definition) is 1. The number of rotatable bonds is 8. The molecule has 0 atom stereocenters. The zero-order valence-corrected chi connectivity index (χ0v) is 21.8. The molecule has 5 nitrogen and oxygen atoms in total. The molecule has 2 heterocycles. The van der Waals surface area contributed by atoms with Gasteiger partial charge in [-0.25, -0.2) is 12.7 Å². The number of likely N-dealkylation sites (tertiary alicyclic amines) is 1. The molecule has 0 aromatic heterocycles. The molecule has 0 amide bonds. The van der Waals surface area contributed by atoms with Crippen LogP contribution in [0, 0.1) is 5.41 Å². The van der Waals surface area contributed by atoms with Gasteiger partial charge in [0.1, 0.15) is 0 Å². The maximum atomic E-state index is 13.2. The van der Waals surface area contributed by atoms with Crippen molar-refractivity contribution in [3.63, 3.8) is 0 Å². The molecule has 1 N–H and O–H groups in total. The molecule has 2 fully saturated rings. The summed E-state index contributed by atoms with van der Waals surface area (Å²) in [5.74, 6) is 0.160. The van der Waals surface area contributed by atoms with Crippen molar-refractivity contribution in [3.8, 4) is 11.1 Å². The minimum absolute atomic E-state index is 0.00480. The van der Waals surface area contributed by atoms with Crippen LogP contribution in [0.3, 0.4) is 0 Å². The Morgan fingerprint density at radius 3 is 1.97 bits per heavy atom. The Morgan fingerprint density at radius 1 is 0.895 bits per heavy atom. The van der Waals surface area contributed by atoms with E-state index >= 15 is 0 Å². The van der Waals surface area contributed by atoms with E-state index in [1.807, 2.05) is 26.0 Å². The molecule has 2 aliphatic rings. The molecule has 0 unspecified atom stereocenters. The van der Waals surface area contributed by atoms with E-state index in [1.165, 1.54) is 0 Å². The number of halogens is 6. The maximum absolute atomic E-state index is 13.2. The molecule has 2 aliphatic heterocycles. The van der Waals surface area contributed by atoms with Crippen LogP contribution < -0.4 is 0 Å². The van der Waals surface area contributed by atoms with Gasteiger partial charge in [-0.2, -0.15) is 26.3 Å². The monoisotopic (exact) mass is 564 g/mol. The minimum Gasteiger partial charge on any atom is -0.369 e. The second-order valence-electron chi connectivity index (χ2n) is 10.4. The molecule has 12 heteroatoms. The van der Waals surface area contributed by atoms with E-state index in [2.05, 4.69) is 4.90 Å². The van der Waals surface area contributed by atoms with Crippen LogP contribution in [0.1, 0.15) is 37.0 Å². The van der Waals surface area contributed by atoms with Gasteiger partial charge in [-0.1, -0.05) is 56.3 Å². The molecule has 2 aromatic rings. The van der Waals surface area contributed by atoms with Crippen LogP contribution in [0.5, 0.6) is 0 Å². The van der Waals surface area contributed by atoms with Gasteiger partial charge < -0.3 is 5.11 Å². The van der Waals surface area contributed by atoms with Crippen molar-refractivity contribution < 1.29 is 39.9 Å². The van der Waals surface area contributed by atoms with E-state index in [1.54, 1.807) is 10.4 Å². The molecular formula is C26H30F6N2O3S. The van der Waals surface area contributed by atoms with Gasteiger partial charge in [0.15, 0.2) is 0 Å². The van der Waals surface area contributed by atoms with Gasteiger partial charge in [-0.3, -0.25) is 4.90 Å². The number of hydrogen-bond acceptors (Lipinski definition) is 4. The van der Waals surface area contributed by atoms with Crippen molar-refractivity contribution >= 4 is 10.0 Å². The molecule has 2 aromatic carbocycles. The lowest BCUT2D eigenvalue weighted by Crippen LogP contribution is -2.72. The third kappa shape index (κ3) is 5.07. The highest BCUT2D eigenvalue weighted by atomic mass is 32.2. The van der Waals surface area contributed by atoms with Gasteiger partial charge in [0.2, 0.25) is 10.0 Å². The number of nitrogens with zero attached hydrogens (tertiary/aromatic N) is 2. The van der Waals surface area contributed by atoms with Crippen LogP contribution in [0.4, 0.5) is 26.3 Å². The number of aryl methyl sites for hydroxylation is 1. The van der Waals surface area contributed by atoms with Gasteiger partial charge in [-0.05, 0) is 35.1 Å². The van der Waals surface area contributed by atoms with Crippen LogP contribution >= 0.6 is 0 Å². The van der Waals surface area contributed by atoms with Crippen molar-refractivity contribution in [1.82, 2.24) is 9.21 Å². The summed E-state index contributed by atoms with van der Waals surface area (Å²) < 4.78 is 105. The first-order valence-electron chi connectivity index (χ1n) is 12.3. The highest BCUT2D eigenvalue weighted by Crippen LogP contribution is 2.50. The summed E-state index contributed by atoms with van der Waals surface area (Å²) in [6.07, 6.45) is -10.7. The summed E-state index contributed by atoms with van der Waals surface area (Å²) in [4.78, 5) is 2.22. The number of benzene rings is 2. The van der Waals surface area contributed by atoms with Gasteiger partial charge >= 0.3 is 12.4 Å². The Bertz CT molecular complexity index is 1250. The molecule has 210 valence electrons. The standard InChI is InChI=1S/C26H30F6N2O3S/c1-3-11-38(36,37)34-16-23(17-34)14-33(15-23)13-18-5-10-22(19(4-2)12-18)20-6-8-21(9-7-20)24(35,25(27,28)29)26(30,31)32/h5-10,12,35H,3-4,11,13-17H2,1-2H3. The van der Waals surface area contributed by atoms with Crippen LogP contribution in [0.25, 0.3) is 11.1 Å². The zero-order valence-electron chi connectivity index (χ0n) is 21.0. The molecule has 4 rings (SSSR count). The third-order valence-corrected chi connectivity index (χ3v) is 9.36. The number of alkyl halides is 6. The summed E-state index contributed by atoms with van der Waals surface area (Å²) in [5.41, 5.74) is -3.23. The second-order valence-corrected chi connectivity index (χ2v) is 12.4. The van der Waals surface area contributed by atoms with Crippen molar-refractivity contribution in [2.45, 2.75) is 51.2 Å². The van der Waals surface area contributed by atoms with E-state index in [-0.39, 0.29) is 11.2 Å². The predicted molar refractivity (Wildman–Crippen MR) is 131 cm³/mol. The average Bonchev–Trinajstić information content (AvgIpc) is 2.77. The Balaban J connectivity index is 1.44. The smallest absolute Gasteiger partial charge is 0.369 e. The largest absolute Gasteiger partial charge is 0.430 e. The molecule has 0 bridgehead atoms. The van der Waals surface area contributed by atoms with Crippen molar-refractivity contribution in [2.24, 2.45) is 5.41 Å². The molecule has 1 spiro atoms. The van der Waals surface area contributed by atoms with Crippen molar-refractivity contribution in [3.05, 3.63) is 59.2 Å². The highest BCUT2D eigenvalue weighted by molar-refractivity contribution is 7.89. The van der Waals surface area contributed by atoms with E-state index in [4.69, 9.17) is 0 Å². The molecule has 0 saturated carbocycles. The highest BCUT2D eigenvalue weighted by Gasteiger charge is 2.71. The first-order chi connectivity index (χ1) is 17.5. The average molecular weight is 565 g/mol. The van der Waals surface area contributed by atoms with Crippen LogP contribution in [0.15, 0.2) is 42.5 Å². The molecule has 0 aliphatic carbocycles. The molecular weight excluding hydrogens is 534 g/mol. The Hall–Kier alpha value is -2.15. The summed E-state index contributed by atoms with van der Waals surface area (Å²) >= 11 is 0. The lowest BCUT2D eigenvalue weighted by atomic mass is 9.74. The molecule has 2 saturated heterocycles. The Labute approximate surface area is 218 Å². The number of sulfonamides is 1. The topological polar surface area (TPSA) is 60.9 Å². The fourth-order valence-electron chi connectivity index (χ4n) is 5.46. The van der Waals surface area contributed by atoms with Crippen molar-refractivity contribution in [2.75, 3.05) is 31.9 Å². The number of aliphatic hydroxyl groups is 1. The minimum atomic E-state index is -5.93. The zero-order chi connectivity index (χ0) is 28.1. The van der Waals surface area contributed by atoms with Gasteiger partial charge in [0.25, 0.3) is 5.60 Å². The first-order valence-corrected chi connectivity index (χ1v) is 13.9. The summed E-state index contributed by atoms with van der Waals surface area (Å²) in [6, 6.07) is 9.25. The van der Waals surface area contributed by atoms with E-state index < -0.39 is 33.5 Å². The van der Waals surface area contributed by atoms with Crippen LogP contribution in [0.2, 0.25) is 0 Å². The third-order valence-electron chi connectivity index (χ3n) is 7.39. The van der Waals surface area contributed by atoms with Gasteiger partial charge in [0.05, 0.1) is 5.75 Å². The fourth-order valence-corrected chi connectivity index (χ4v) is 7.17. The summed E-state index contributed by atoms with van der Waals surface area (Å²) in [6.45, 7) is 7.05. The SMILES string of the molecule is CCCS(=O)(=O)N1CC2(CN(Cc3ccc(-c4ccc(C(O)(C(F)(F)F)C(F)(F)F)cc4)c(CC)c3)C2)C1. The van der Waals surface area contributed by atoms with E-state index in [0.717, 1.165) is 36.3 Å². The van der Waals surface area contributed by atoms with E-state index in [9.17, 15) is 39.9 Å². The normalized spacial score (nSPS) is 18.9. The lowest BCUT2D eigenvalue weighted by Gasteiger charge is -2.59. The second kappa shape index (κ2) is 9.79. The van der Waals surface area contributed by atoms with Crippen molar-refractivity contribution in [1.29, 1.82) is 0 Å². The van der Waals surface area contributed by atoms with E-state index in [0.29, 0.717) is 55.7 Å². The molecule has 38 heavy (non-hydrogen) atoms. The van der Waals surface area contributed by atoms with Crippen LogP contribution in [-0.4, -0.2) is 67.0 Å². The lowest BCUT2D eigenvalue weighted by molar-refractivity contribution is -0.376. The summed E-state index contributed by atoms with van der Waals surface area (Å²) in [5, 5.41) is 9.62. The Morgan fingerprint density at radius 2 is 1.47 bits per heavy atom. The first kappa shape index (κ1) is 28.8. The van der Waals surface area contributed by atoms with Gasteiger partial charge in [0, 0.05) is 43.7 Å². The van der Waals surface area contributed by atoms with Crippen LogP contribution in [-0.2, 0) is 28.6 Å². The predicted octanol–water partition coefficient (Wildman–Crippen LogP) is 5.09.